The maximum atomic E-state index is 13.8. The van der Waals surface area contributed by atoms with E-state index in [9.17, 15) is 9.50 Å². The van der Waals surface area contributed by atoms with Crippen LogP contribution in [0.4, 0.5) is 4.39 Å². The zero-order valence-corrected chi connectivity index (χ0v) is 21.6. The number of fused-ring (bicyclic) bond motifs is 1. The summed E-state index contributed by atoms with van der Waals surface area (Å²) in [7, 11) is 1.59. The summed E-state index contributed by atoms with van der Waals surface area (Å²) in [4.78, 5) is 4.75. The van der Waals surface area contributed by atoms with Crippen molar-refractivity contribution in [2.75, 3.05) is 13.7 Å². The molecule has 4 aromatic rings. The van der Waals surface area contributed by atoms with E-state index < -0.39 is 11.5 Å². The van der Waals surface area contributed by atoms with E-state index in [1.165, 1.54) is 12.1 Å². The van der Waals surface area contributed by atoms with Crippen LogP contribution in [0.2, 0.25) is 10.0 Å². The van der Waals surface area contributed by atoms with E-state index >= 15 is 0 Å². The van der Waals surface area contributed by atoms with E-state index in [1.54, 1.807) is 19.2 Å². The van der Waals surface area contributed by atoms with Gasteiger partial charge in [-0.2, -0.15) is 0 Å². The third kappa shape index (κ3) is 4.81. The maximum absolute atomic E-state index is 13.8. The molecule has 0 spiro atoms. The van der Waals surface area contributed by atoms with Crippen molar-refractivity contribution in [2.45, 2.75) is 37.3 Å². The monoisotopic (exact) mass is 524 g/mol. The first-order valence-electron chi connectivity index (χ1n) is 11.9. The van der Waals surface area contributed by atoms with E-state index in [4.69, 9.17) is 32.9 Å². The van der Waals surface area contributed by atoms with Crippen molar-refractivity contribution in [3.8, 4) is 5.88 Å². The minimum absolute atomic E-state index is 0.145. The largest absolute Gasteiger partial charge is 0.481 e. The average Bonchev–Trinajstić information content (AvgIpc) is 2.85. The molecular formula is C29H27Cl2FN2O2. The Bertz CT molecular complexity index is 1410. The van der Waals surface area contributed by atoms with Crippen LogP contribution >= 0.6 is 23.2 Å². The number of aryl methyl sites for hydroxylation is 1. The molecule has 3 atom stereocenters. The molecule has 4 nitrogen and oxygen atoms in total. The summed E-state index contributed by atoms with van der Waals surface area (Å²) in [6.45, 7) is 2.49. The number of halogens is 3. The molecule has 36 heavy (non-hydrogen) atoms. The number of benzene rings is 3. The van der Waals surface area contributed by atoms with E-state index in [0.717, 1.165) is 33.2 Å². The molecule has 1 fully saturated rings. The number of hydrogen-bond donors (Lipinski definition) is 2. The van der Waals surface area contributed by atoms with Gasteiger partial charge in [0, 0.05) is 33.0 Å². The summed E-state index contributed by atoms with van der Waals surface area (Å²) in [5.41, 5.74) is 3.10. The third-order valence-electron chi connectivity index (χ3n) is 7.13. The summed E-state index contributed by atoms with van der Waals surface area (Å²) in [6.07, 6.45) is 0.928. The van der Waals surface area contributed by atoms with Crippen molar-refractivity contribution in [1.82, 2.24) is 10.3 Å². The zero-order valence-electron chi connectivity index (χ0n) is 20.1. The smallest absolute Gasteiger partial charge is 0.217 e. The SMILES string of the molecule is COc1nc2ccc(Cl)cc2cc1C(c1ccc(Cl)cc1)C1(O)CCNC(c2ccc(F)cc2C)C1. The van der Waals surface area contributed by atoms with Gasteiger partial charge < -0.3 is 15.2 Å². The second-order valence-electron chi connectivity index (χ2n) is 9.47. The van der Waals surface area contributed by atoms with Gasteiger partial charge in [-0.3, -0.25) is 0 Å². The van der Waals surface area contributed by atoms with Gasteiger partial charge in [-0.15, -0.1) is 0 Å². The summed E-state index contributed by atoms with van der Waals surface area (Å²) >= 11 is 12.5. The number of piperidine rings is 1. The summed E-state index contributed by atoms with van der Waals surface area (Å²) < 4.78 is 19.5. The normalized spacial score (nSPS) is 20.9. The Labute approximate surface area is 220 Å². The first-order valence-corrected chi connectivity index (χ1v) is 12.6. The van der Waals surface area contributed by atoms with Gasteiger partial charge in [-0.05, 0) is 91.5 Å². The Balaban J connectivity index is 1.66. The van der Waals surface area contributed by atoms with Gasteiger partial charge in [0.25, 0.3) is 0 Å². The standard InChI is InChI=1S/C29H27Cl2FN2O2/c1-17-13-22(32)8-9-23(17)26-16-29(35,11-12-33-26)27(18-3-5-20(30)6-4-18)24-15-19-14-21(31)7-10-25(19)34-28(24)36-2/h3-10,13-15,26-27,33,35H,11-12,16H2,1-2H3. The Morgan fingerprint density at radius 3 is 2.53 bits per heavy atom. The molecule has 0 bridgehead atoms. The van der Waals surface area contributed by atoms with E-state index in [1.807, 2.05) is 49.4 Å². The Morgan fingerprint density at radius 1 is 1.06 bits per heavy atom. The second-order valence-corrected chi connectivity index (χ2v) is 10.3. The Kier molecular flexibility index (Phi) is 6.92. The lowest BCUT2D eigenvalue weighted by Gasteiger charge is -2.44. The number of aromatic nitrogens is 1. The van der Waals surface area contributed by atoms with Crippen molar-refractivity contribution in [3.05, 3.63) is 105 Å². The lowest BCUT2D eigenvalue weighted by atomic mass is 9.70. The number of nitrogens with zero attached hydrogens (tertiary/aromatic N) is 1. The number of nitrogens with one attached hydrogen (secondary N) is 1. The van der Waals surface area contributed by atoms with E-state index in [-0.39, 0.29) is 11.9 Å². The third-order valence-corrected chi connectivity index (χ3v) is 7.62. The highest BCUT2D eigenvalue weighted by Crippen LogP contribution is 2.47. The number of pyridine rings is 1. The highest BCUT2D eigenvalue weighted by atomic mass is 35.5. The van der Waals surface area contributed by atoms with Crippen molar-refractivity contribution in [1.29, 1.82) is 0 Å². The van der Waals surface area contributed by atoms with E-state index in [2.05, 4.69) is 5.32 Å². The van der Waals surface area contributed by atoms with Gasteiger partial charge in [-0.25, -0.2) is 9.37 Å². The molecule has 2 heterocycles. The summed E-state index contributed by atoms with van der Waals surface area (Å²) in [6, 6.07) is 19.7. The molecule has 1 saturated heterocycles. The summed E-state index contributed by atoms with van der Waals surface area (Å²) in [5, 5.41) is 18.0. The van der Waals surface area contributed by atoms with Crippen molar-refractivity contribution < 1.29 is 14.2 Å². The van der Waals surface area contributed by atoms with Crippen LogP contribution in [-0.2, 0) is 0 Å². The number of rotatable bonds is 5. The van der Waals surface area contributed by atoms with Gasteiger partial charge >= 0.3 is 0 Å². The predicted octanol–water partition coefficient (Wildman–Crippen LogP) is 6.99. The molecule has 5 rings (SSSR count). The number of methoxy groups -OCH3 is 1. The molecule has 0 aliphatic carbocycles. The Hall–Kier alpha value is -2.70. The fourth-order valence-electron chi connectivity index (χ4n) is 5.45. The van der Waals surface area contributed by atoms with Crippen LogP contribution in [0.1, 0.15) is 47.1 Å². The van der Waals surface area contributed by atoms with Crippen LogP contribution in [0.15, 0.2) is 66.7 Å². The molecule has 1 aromatic heterocycles. The molecule has 3 unspecified atom stereocenters. The van der Waals surface area contributed by atoms with Gasteiger partial charge in [0.1, 0.15) is 5.82 Å². The van der Waals surface area contributed by atoms with Crippen molar-refractivity contribution >= 4 is 34.1 Å². The van der Waals surface area contributed by atoms with Crippen LogP contribution < -0.4 is 10.1 Å². The second kappa shape index (κ2) is 9.98. The maximum Gasteiger partial charge on any atom is 0.217 e. The quantitative estimate of drug-likeness (QED) is 0.295. The van der Waals surface area contributed by atoms with E-state index in [0.29, 0.717) is 35.3 Å². The summed E-state index contributed by atoms with van der Waals surface area (Å²) in [5.74, 6) is -0.274. The van der Waals surface area contributed by atoms with Crippen molar-refractivity contribution in [3.63, 3.8) is 0 Å². The highest BCUT2D eigenvalue weighted by molar-refractivity contribution is 6.31. The van der Waals surface area contributed by atoms with Crippen LogP contribution in [-0.4, -0.2) is 29.3 Å². The fourth-order valence-corrected chi connectivity index (χ4v) is 5.76. The number of hydrogen-bond acceptors (Lipinski definition) is 4. The van der Waals surface area contributed by atoms with Gasteiger partial charge in [-0.1, -0.05) is 41.4 Å². The van der Waals surface area contributed by atoms with Crippen molar-refractivity contribution in [2.24, 2.45) is 0 Å². The molecule has 3 aromatic carbocycles. The van der Waals surface area contributed by atoms with Crippen LogP contribution in [0.25, 0.3) is 10.9 Å². The highest BCUT2D eigenvalue weighted by Gasteiger charge is 2.44. The molecule has 0 radical (unpaired) electrons. The molecule has 186 valence electrons. The molecule has 1 aliphatic heterocycles. The zero-order chi connectivity index (χ0) is 25.4. The molecule has 2 N–H and O–H groups in total. The fraction of sp³-hybridized carbons (Fsp3) is 0.276. The van der Waals surface area contributed by atoms with Gasteiger partial charge in [0.2, 0.25) is 5.88 Å². The number of aliphatic hydroxyl groups is 1. The van der Waals surface area contributed by atoms with Crippen LogP contribution in [0.3, 0.4) is 0 Å². The lowest BCUT2D eigenvalue weighted by molar-refractivity contribution is -0.0197. The topological polar surface area (TPSA) is 54.4 Å². The Morgan fingerprint density at radius 2 is 1.81 bits per heavy atom. The van der Waals surface area contributed by atoms with Gasteiger partial charge in [0.05, 0.1) is 18.2 Å². The van der Waals surface area contributed by atoms with Crippen LogP contribution in [0.5, 0.6) is 5.88 Å². The molecule has 7 heteroatoms. The van der Waals surface area contributed by atoms with Gasteiger partial charge in [0.15, 0.2) is 0 Å². The first-order chi connectivity index (χ1) is 17.3. The average molecular weight is 525 g/mol. The molecular weight excluding hydrogens is 498 g/mol. The number of ether oxygens (including phenoxy) is 1. The molecule has 0 saturated carbocycles. The lowest BCUT2D eigenvalue weighted by Crippen LogP contribution is -2.48. The first kappa shape index (κ1) is 25.0. The molecule has 0 amide bonds. The molecule has 1 aliphatic rings. The predicted molar refractivity (Wildman–Crippen MR) is 143 cm³/mol. The minimum Gasteiger partial charge on any atom is -0.481 e. The van der Waals surface area contributed by atoms with Crippen LogP contribution in [0, 0.1) is 12.7 Å². The minimum atomic E-state index is -1.15.